The van der Waals surface area contributed by atoms with Gasteiger partial charge in [-0.3, -0.25) is 4.79 Å². The molecule has 0 aliphatic carbocycles. The minimum atomic E-state index is -0.507. The Morgan fingerprint density at radius 1 is 1.14 bits per heavy atom. The molecule has 0 aromatic heterocycles. The maximum atomic E-state index is 12.2. The maximum Gasteiger partial charge on any atom is 0.266 e. The van der Waals surface area contributed by atoms with Crippen molar-refractivity contribution in [3.05, 3.63) is 69.2 Å². The summed E-state index contributed by atoms with van der Waals surface area (Å²) in [6.07, 6.45) is 1.46. The maximum absolute atomic E-state index is 12.2. The molecule has 2 aromatic carbocycles. The highest BCUT2D eigenvalue weighted by Crippen LogP contribution is 2.24. The van der Waals surface area contributed by atoms with Gasteiger partial charge in [0, 0.05) is 15.7 Å². The molecule has 0 aliphatic heterocycles. The van der Waals surface area contributed by atoms with E-state index in [9.17, 15) is 10.1 Å². The molecule has 0 bridgehead atoms. The van der Waals surface area contributed by atoms with Gasteiger partial charge in [0.2, 0.25) is 0 Å². The van der Waals surface area contributed by atoms with Crippen LogP contribution in [-0.2, 0) is 4.79 Å². The van der Waals surface area contributed by atoms with Crippen molar-refractivity contribution in [1.82, 2.24) is 0 Å². The first-order chi connectivity index (χ1) is 10.5. The summed E-state index contributed by atoms with van der Waals surface area (Å²) in [4.78, 5) is 12.2. The molecule has 110 valence electrons. The molecule has 1 amide bonds. The molecule has 0 radical (unpaired) electrons. The van der Waals surface area contributed by atoms with Gasteiger partial charge in [0.15, 0.2) is 0 Å². The van der Waals surface area contributed by atoms with Crippen LogP contribution in [0.3, 0.4) is 0 Å². The normalized spacial score (nSPS) is 10.9. The Labute approximate surface area is 138 Å². The summed E-state index contributed by atoms with van der Waals surface area (Å²) in [5.74, 6) is -0.507. The molecule has 0 saturated heterocycles. The Hall–Kier alpha value is -2.28. The SMILES string of the molecule is Cc1c(Cl)cccc1NC(=O)/C(C#N)=C/c1ccccc1Cl. The van der Waals surface area contributed by atoms with E-state index in [-0.39, 0.29) is 5.57 Å². The highest BCUT2D eigenvalue weighted by molar-refractivity contribution is 6.32. The van der Waals surface area contributed by atoms with Crippen LogP contribution >= 0.6 is 23.2 Å². The fraction of sp³-hybridized carbons (Fsp3) is 0.0588. The summed E-state index contributed by atoms with van der Waals surface area (Å²) in [7, 11) is 0. The van der Waals surface area contributed by atoms with Gasteiger partial charge < -0.3 is 5.32 Å². The number of hydrogen-bond donors (Lipinski definition) is 1. The summed E-state index contributed by atoms with van der Waals surface area (Å²) >= 11 is 12.0. The number of carbonyl (C=O) groups is 1. The minimum absolute atomic E-state index is 0.0347. The molecular weight excluding hydrogens is 319 g/mol. The van der Waals surface area contributed by atoms with E-state index in [1.165, 1.54) is 6.08 Å². The summed E-state index contributed by atoms with van der Waals surface area (Å²) in [6.45, 7) is 1.79. The van der Waals surface area contributed by atoms with Crippen molar-refractivity contribution in [1.29, 1.82) is 5.26 Å². The highest BCUT2D eigenvalue weighted by Gasteiger charge is 2.12. The first kappa shape index (κ1) is 16.1. The molecule has 1 N–H and O–H groups in total. The van der Waals surface area contributed by atoms with Crippen LogP contribution in [0.5, 0.6) is 0 Å². The fourth-order valence-corrected chi connectivity index (χ4v) is 2.19. The molecule has 0 spiro atoms. The van der Waals surface area contributed by atoms with Gasteiger partial charge >= 0.3 is 0 Å². The van der Waals surface area contributed by atoms with Crippen molar-refractivity contribution in [3.8, 4) is 6.07 Å². The van der Waals surface area contributed by atoms with Crippen LogP contribution < -0.4 is 5.32 Å². The molecule has 0 aliphatic rings. The minimum Gasteiger partial charge on any atom is -0.321 e. The third-order valence-corrected chi connectivity index (χ3v) is 3.84. The molecule has 0 heterocycles. The molecule has 2 rings (SSSR count). The summed E-state index contributed by atoms with van der Waals surface area (Å²) < 4.78 is 0. The van der Waals surface area contributed by atoms with E-state index in [1.807, 2.05) is 6.07 Å². The highest BCUT2D eigenvalue weighted by atomic mass is 35.5. The lowest BCUT2D eigenvalue weighted by Gasteiger charge is -2.09. The number of rotatable bonds is 3. The zero-order valence-electron chi connectivity index (χ0n) is 11.7. The van der Waals surface area contributed by atoms with Crippen molar-refractivity contribution in [2.45, 2.75) is 6.92 Å². The topological polar surface area (TPSA) is 52.9 Å². The third-order valence-electron chi connectivity index (χ3n) is 3.09. The van der Waals surface area contributed by atoms with Crippen LogP contribution in [0.4, 0.5) is 5.69 Å². The number of carbonyl (C=O) groups excluding carboxylic acids is 1. The Morgan fingerprint density at radius 3 is 2.50 bits per heavy atom. The van der Waals surface area contributed by atoms with E-state index in [0.29, 0.717) is 21.3 Å². The lowest BCUT2D eigenvalue weighted by atomic mass is 10.1. The van der Waals surface area contributed by atoms with Crippen molar-refractivity contribution in [2.75, 3.05) is 5.32 Å². The number of halogens is 2. The van der Waals surface area contributed by atoms with Gasteiger partial charge in [-0.25, -0.2) is 0 Å². The van der Waals surface area contributed by atoms with E-state index in [1.54, 1.807) is 49.4 Å². The summed E-state index contributed by atoms with van der Waals surface area (Å²) in [6, 6.07) is 14.1. The molecule has 0 unspecified atom stereocenters. The van der Waals surface area contributed by atoms with E-state index < -0.39 is 5.91 Å². The lowest BCUT2D eigenvalue weighted by Crippen LogP contribution is -2.14. The molecule has 5 heteroatoms. The number of nitriles is 1. The van der Waals surface area contributed by atoms with E-state index in [2.05, 4.69) is 5.32 Å². The van der Waals surface area contributed by atoms with Crippen LogP contribution in [0.2, 0.25) is 10.0 Å². The Morgan fingerprint density at radius 2 is 1.82 bits per heavy atom. The van der Waals surface area contributed by atoms with Gasteiger partial charge in [0.25, 0.3) is 5.91 Å². The van der Waals surface area contributed by atoms with Gasteiger partial charge in [-0.05, 0) is 42.3 Å². The summed E-state index contributed by atoms with van der Waals surface area (Å²) in [5, 5.41) is 12.9. The third kappa shape index (κ3) is 3.67. The van der Waals surface area contributed by atoms with Crippen molar-refractivity contribution in [2.24, 2.45) is 0 Å². The first-order valence-electron chi connectivity index (χ1n) is 6.45. The number of hydrogen-bond acceptors (Lipinski definition) is 2. The Bertz CT molecular complexity index is 791. The molecule has 22 heavy (non-hydrogen) atoms. The number of nitrogens with zero attached hydrogens (tertiary/aromatic N) is 1. The second-order valence-electron chi connectivity index (χ2n) is 4.56. The predicted molar refractivity (Wildman–Crippen MR) is 89.9 cm³/mol. The second-order valence-corrected chi connectivity index (χ2v) is 5.37. The Kier molecular flexibility index (Phi) is 5.21. The van der Waals surface area contributed by atoms with Crippen LogP contribution in [0.15, 0.2) is 48.0 Å². The van der Waals surface area contributed by atoms with Crippen molar-refractivity contribution >= 4 is 40.9 Å². The molecule has 0 fully saturated rings. The number of amides is 1. The van der Waals surface area contributed by atoms with E-state index >= 15 is 0 Å². The molecule has 3 nitrogen and oxygen atoms in total. The Balaban J connectivity index is 2.29. The average Bonchev–Trinajstić information content (AvgIpc) is 2.51. The van der Waals surface area contributed by atoms with Gasteiger partial charge in [-0.1, -0.05) is 47.5 Å². The first-order valence-corrected chi connectivity index (χ1v) is 7.21. The zero-order valence-corrected chi connectivity index (χ0v) is 13.2. The monoisotopic (exact) mass is 330 g/mol. The van der Waals surface area contributed by atoms with E-state index in [4.69, 9.17) is 23.2 Å². The molecule has 2 aromatic rings. The molecule has 0 atom stereocenters. The van der Waals surface area contributed by atoms with Gasteiger partial charge in [0.1, 0.15) is 11.6 Å². The molecular formula is C17H12Cl2N2O. The fourth-order valence-electron chi connectivity index (χ4n) is 1.83. The van der Waals surface area contributed by atoms with Crippen LogP contribution in [-0.4, -0.2) is 5.91 Å². The standard InChI is InChI=1S/C17H12Cl2N2O/c1-11-14(18)7-4-8-16(11)21-17(22)13(10-20)9-12-5-2-3-6-15(12)19/h2-9H,1H3,(H,21,22)/b13-9+. The van der Waals surface area contributed by atoms with Crippen LogP contribution in [0.1, 0.15) is 11.1 Å². The number of anilines is 1. The number of benzene rings is 2. The van der Waals surface area contributed by atoms with Crippen LogP contribution in [0.25, 0.3) is 6.08 Å². The van der Waals surface area contributed by atoms with Gasteiger partial charge in [-0.2, -0.15) is 5.26 Å². The lowest BCUT2D eigenvalue weighted by molar-refractivity contribution is -0.112. The van der Waals surface area contributed by atoms with Gasteiger partial charge in [0.05, 0.1) is 0 Å². The largest absolute Gasteiger partial charge is 0.321 e. The second kappa shape index (κ2) is 7.13. The molecule has 0 saturated carbocycles. The average molecular weight is 331 g/mol. The van der Waals surface area contributed by atoms with Crippen molar-refractivity contribution < 1.29 is 4.79 Å². The summed E-state index contributed by atoms with van der Waals surface area (Å²) in [5.41, 5.74) is 1.89. The van der Waals surface area contributed by atoms with Gasteiger partial charge in [-0.15, -0.1) is 0 Å². The zero-order chi connectivity index (χ0) is 16.1. The van der Waals surface area contributed by atoms with Crippen molar-refractivity contribution in [3.63, 3.8) is 0 Å². The van der Waals surface area contributed by atoms with Crippen LogP contribution in [0, 0.1) is 18.3 Å². The van der Waals surface area contributed by atoms with E-state index in [0.717, 1.165) is 5.56 Å². The quantitative estimate of drug-likeness (QED) is 0.646. The smallest absolute Gasteiger partial charge is 0.266 e. The predicted octanol–water partition coefficient (Wildman–Crippen LogP) is 4.85. The number of nitrogens with one attached hydrogen (secondary N) is 1.